The van der Waals surface area contributed by atoms with Crippen molar-refractivity contribution in [1.82, 2.24) is 19.5 Å². The highest BCUT2D eigenvalue weighted by atomic mass is 127. The molecule has 2 aromatic heterocycles. The first-order valence-corrected chi connectivity index (χ1v) is 23.3. The quantitative estimate of drug-likeness (QED) is 0.179. The molecule has 0 radical (unpaired) electrons. The van der Waals surface area contributed by atoms with Crippen LogP contribution in [0.1, 0.15) is 80.5 Å². The molecule has 3 heterocycles. The first-order valence-electron chi connectivity index (χ1n) is 16.3. The summed E-state index contributed by atoms with van der Waals surface area (Å²) in [7, 11) is -4.53. The summed E-state index contributed by atoms with van der Waals surface area (Å²) < 4.78 is 22.2. The highest BCUT2D eigenvalue weighted by Gasteiger charge is 2.62. The molecule has 1 amide bonds. The van der Waals surface area contributed by atoms with E-state index >= 15 is 0 Å². The van der Waals surface area contributed by atoms with E-state index in [1.165, 1.54) is 11.2 Å². The fraction of sp³-hybridized carbons (Fsp3) is 0.647. The van der Waals surface area contributed by atoms with E-state index in [9.17, 15) is 9.90 Å². The van der Waals surface area contributed by atoms with E-state index < -0.39 is 45.6 Å². The van der Waals surface area contributed by atoms with Crippen LogP contribution in [0.25, 0.3) is 11.2 Å². The highest BCUT2D eigenvalue weighted by molar-refractivity contribution is 14.1. The molecule has 1 N–H and O–H groups in total. The Hall–Kier alpha value is -1.92. The summed E-state index contributed by atoms with van der Waals surface area (Å²) in [5.41, 5.74) is 1.18. The van der Waals surface area contributed by atoms with Gasteiger partial charge in [0.25, 0.3) is 0 Å². The maximum absolute atomic E-state index is 13.6. The lowest BCUT2D eigenvalue weighted by Gasteiger charge is -2.49. The van der Waals surface area contributed by atoms with Crippen molar-refractivity contribution >= 4 is 62.1 Å². The fourth-order valence-electron chi connectivity index (χ4n) is 5.46. The SMILES string of the molecule is CC(C)(C)OC(=O)N(Cc1ccc(I)cc1)c1ncnc2c1ncn2[C@H]1C[C@@](O)([Si](C)(C)C(C)(C)C)[C@@H](CO[Si](C)(C)C(C)(C)C)O1. The largest absolute Gasteiger partial charge is 0.443 e. The Bertz CT molecular complexity index is 1580. The van der Waals surface area contributed by atoms with Crippen molar-refractivity contribution in [3.8, 4) is 0 Å². The second-order valence-electron chi connectivity index (χ2n) is 16.9. The third kappa shape index (κ3) is 7.79. The molecule has 1 fully saturated rings. The Kier molecular flexibility index (Phi) is 10.5. The summed E-state index contributed by atoms with van der Waals surface area (Å²) in [4.78, 5) is 29.0. The Morgan fingerprint density at radius 3 is 2.19 bits per heavy atom. The minimum absolute atomic E-state index is 0.0200. The zero-order valence-electron chi connectivity index (χ0n) is 30.4. The molecule has 0 bridgehead atoms. The molecule has 3 aromatic rings. The number of benzene rings is 1. The second kappa shape index (κ2) is 13.1. The summed E-state index contributed by atoms with van der Waals surface area (Å²) in [5, 5.41) is 11.5. The lowest BCUT2D eigenvalue weighted by molar-refractivity contribution is -0.0549. The summed E-state index contributed by atoms with van der Waals surface area (Å²) >= 11 is 2.26. The first-order chi connectivity index (χ1) is 21.4. The van der Waals surface area contributed by atoms with Gasteiger partial charge in [0, 0.05) is 9.99 Å². The molecule has 47 heavy (non-hydrogen) atoms. The summed E-state index contributed by atoms with van der Waals surface area (Å²) in [6, 6.07) is 7.96. The molecular formula is C34H54IN5O5Si2. The van der Waals surface area contributed by atoms with E-state index in [0.717, 1.165) is 9.13 Å². The number of hydrogen-bond acceptors (Lipinski definition) is 8. The van der Waals surface area contributed by atoms with Crippen molar-refractivity contribution in [3.63, 3.8) is 0 Å². The zero-order valence-corrected chi connectivity index (χ0v) is 34.6. The van der Waals surface area contributed by atoms with Gasteiger partial charge in [0.2, 0.25) is 0 Å². The van der Waals surface area contributed by atoms with Gasteiger partial charge in [-0.25, -0.2) is 19.7 Å². The molecule has 13 heteroatoms. The summed E-state index contributed by atoms with van der Waals surface area (Å²) in [5.74, 6) is 0.344. The highest BCUT2D eigenvalue weighted by Crippen LogP contribution is 2.52. The topological polar surface area (TPSA) is 112 Å². The molecule has 0 spiro atoms. The van der Waals surface area contributed by atoms with Gasteiger partial charge in [0.05, 0.1) is 32.8 Å². The molecule has 10 nitrogen and oxygen atoms in total. The third-order valence-corrected chi connectivity index (χ3v) is 22.1. The predicted octanol–water partition coefficient (Wildman–Crippen LogP) is 8.46. The lowest BCUT2D eigenvalue weighted by Crippen LogP contribution is -2.65. The number of fused-ring (bicyclic) bond motifs is 1. The van der Waals surface area contributed by atoms with Gasteiger partial charge in [-0.05, 0) is 84.2 Å². The third-order valence-electron chi connectivity index (χ3n) is 10.5. The monoisotopic (exact) mass is 795 g/mol. The van der Waals surface area contributed by atoms with Crippen LogP contribution in [-0.2, 0) is 20.4 Å². The predicted molar refractivity (Wildman–Crippen MR) is 201 cm³/mol. The zero-order chi connectivity index (χ0) is 35.4. The molecule has 4 rings (SSSR count). The van der Waals surface area contributed by atoms with Gasteiger partial charge in [-0.1, -0.05) is 66.8 Å². The number of amides is 1. The van der Waals surface area contributed by atoms with Crippen molar-refractivity contribution in [2.45, 2.75) is 135 Å². The van der Waals surface area contributed by atoms with Gasteiger partial charge in [-0.2, -0.15) is 0 Å². The van der Waals surface area contributed by atoms with Crippen molar-refractivity contribution in [2.75, 3.05) is 11.5 Å². The molecule has 0 saturated carbocycles. The normalized spacial score (nSPS) is 21.3. The molecule has 0 unspecified atom stereocenters. The van der Waals surface area contributed by atoms with E-state index in [1.54, 1.807) is 6.33 Å². The smallest absolute Gasteiger partial charge is 0.416 e. The average molecular weight is 796 g/mol. The van der Waals surface area contributed by atoms with E-state index in [0.29, 0.717) is 30.0 Å². The van der Waals surface area contributed by atoms with Gasteiger partial charge in [0.15, 0.2) is 25.3 Å². The fourth-order valence-corrected chi connectivity index (χ4v) is 9.76. The van der Waals surface area contributed by atoms with Crippen LogP contribution in [0.3, 0.4) is 0 Å². The van der Waals surface area contributed by atoms with Crippen LogP contribution in [0.2, 0.25) is 36.3 Å². The molecule has 1 saturated heterocycles. The molecule has 3 atom stereocenters. The number of ether oxygens (including phenoxy) is 2. The lowest BCUT2D eigenvalue weighted by atomic mass is 10.1. The van der Waals surface area contributed by atoms with Crippen LogP contribution in [0, 0.1) is 3.57 Å². The van der Waals surface area contributed by atoms with Gasteiger partial charge < -0.3 is 19.0 Å². The van der Waals surface area contributed by atoms with E-state index in [-0.39, 0.29) is 16.6 Å². The molecule has 1 aromatic carbocycles. The average Bonchev–Trinajstić information content (AvgIpc) is 3.51. The Balaban J connectivity index is 1.76. The van der Waals surface area contributed by atoms with Crippen molar-refractivity contribution in [3.05, 3.63) is 46.1 Å². The van der Waals surface area contributed by atoms with Gasteiger partial charge >= 0.3 is 6.09 Å². The number of carbonyl (C=O) groups is 1. The number of aromatic nitrogens is 4. The van der Waals surface area contributed by atoms with Crippen LogP contribution in [-0.4, -0.2) is 70.6 Å². The minimum atomic E-state index is -2.41. The van der Waals surface area contributed by atoms with Crippen LogP contribution < -0.4 is 4.90 Å². The van der Waals surface area contributed by atoms with E-state index in [2.05, 4.69) is 100 Å². The number of anilines is 1. The van der Waals surface area contributed by atoms with E-state index in [4.69, 9.17) is 18.9 Å². The Morgan fingerprint density at radius 1 is 1.02 bits per heavy atom. The molecule has 0 aliphatic carbocycles. The van der Waals surface area contributed by atoms with Crippen LogP contribution >= 0.6 is 22.6 Å². The Morgan fingerprint density at radius 2 is 1.64 bits per heavy atom. The molecule has 260 valence electrons. The maximum Gasteiger partial charge on any atom is 0.416 e. The number of aliphatic hydroxyl groups is 1. The number of nitrogens with zero attached hydrogens (tertiary/aromatic N) is 5. The number of hydrogen-bond donors (Lipinski definition) is 1. The number of halogens is 1. The van der Waals surface area contributed by atoms with Crippen LogP contribution in [0.15, 0.2) is 36.9 Å². The maximum atomic E-state index is 13.6. The van der Waals surface area contributed by atoms with Gasteiger partial charge in [-0.3, -0.25) is 9.47 Å². The summed E-state index contributed by atoms with van der Waals surface area (Å²) in [6.45, 7) is 28.3. The van der Waals surface area contributed by atoms with Crippen LogP contribution in [0.5, 0.6) is 0 Å². The Labute approximate surface area is 296 Å². The minimum Gasteiger partial charge on any atom is -0.443 e. The molecule has 1 aliphatic heterocycles. The van der Waals surface area contributed by atoms with Gasteiger partial charge in [-0.15, -0.1) is 0 Å². The first kappa shape index (κ1) is 37.9. The molecular weight excluding hydrogens is 741 g/mol. The second-order valence-corrected chi connectivity index (χ2v) is 28.5. The van der Waals surface area contributed by atoms with Crippen molar-refractivity contribution in [1.29, 1.82) is 0 Å². The summed E-state index contributed by atoms with van der Waals surface area (Å²) in [6.07, 6.45) is 1.89. The van der Waals surface area contributed by atoms with E-state index in [1.807, 2.05) is 49.6 Å². The molecule has 1 aliphatic rings. The standard InChI is InChI=1S/C34H54IN5O5Si2/c1-31(2,3)45-30(41)39(19-23-14-16-24(35)17-15-23)28-27-29(37-21-36-28)40(22-38-27)26-18-34(42,46(10,11)32(4,5)6)25(44-26)20-43-47(12,13)33(7,8)9/h14-17,21-22,25-26,42H,18-20H2,1-13H3/t25-,26-,34-/m1/s1. The van der Waals surface area contributed by atoms with Crippen molar-refractivity contribution < 1.29 is 23.8 Å². The number of rotatable bonds is 8. The number of imidazole rings is 1. The van der Waals surface area contributed by atoms with Crippen molar-refractivity contribution in [2.24, 2.45) is 0 Å². The van der Waals surface area contributed by atoms with Crippen LogP contribution in [0.4, 0.5) is 10.6 Å². The van der Waals surface area contributed by atoms with Gasteiger partial charge in [0.1, 0.15) is 24.3 Å². The number of carbonyl (C=O) groups excluding carboxylic acids is 1.